The van der Waals surface area contributed by atoms with E-state index in [2.05, 4.69) is 5.32 Å². The maximum Gasteiger partial charge on any atom is 0.314 e. The van der Waals surface area contributed by atoms with Gasteiger partial charge >= 0.3 is 6.03 Å². The highest BCUT2D eigenvalue weighted by molar-refractivity contribution is 5.72. The maximum atomic E-state index is 10.9. The number of carbonyl (C=O) groups is 1. The molecule has 0 bridgehead atoms. The molecule has 1 aliphatic carbocycles. The summed E-state index contributed by atoms with van der Waals surface area (Å²) in [6.45, 7) is 1.57. The molecule has 1 heterocycles. The smallest absolute Gasteiger partial charge is 0.314 e. The van der Waals surface area contributed by atoms with Crippen molar-refractivity contribution < 1.29 is 9.53 Å². The molecule has 0 unspecified atom stereocenters. The van der Waals surface area contributed by atoms with E-state index in [0.29, 0.717) is 18.2 Å². The second-order valence-corrected chi connectivity index (χ2v) is 4.79. The lowest BCUT2D eigenvalue weighted by atomic mass is 9.88. The lowest BCUT2D eigenvalue weighted by Crippen LogP contribution is -2.53. The van der Waals surface area contributed by atoms with E-state index in [9.17, 15) is 4.79 Å². The van der Waals surface area contributed by atoms with Gasteiger partial charge in [0.05, 0.1) is 6.10 Å². The molecule has 92 valence electrons. The Balaban J connectivity index is 1.64. The molecule has 0 aromatic heterocycles. The molecule has 2 fully saturated rings. The Kier molecular flexibility index (Phi) is 3.66. The van der Waals surface area contributed by atoms with Crippen LogP contribution in [0.4, 0.5) is 4.79 Å². The summed E-state index contributed by atoms with van der Waals surface area (Å²) in [7, 11) is 1.77. The van der Waals surface area contributed by atoms with Crippen molar-refractivity contribution in [3.05, 3.63) is 0 Å². The van der Waals surface area contributed by atoms with Crippen molar-refractivity contribution in [3.8, 4) is 0 Å². The van der Waals surface area contributed by atoms with E-state index in [0.717, 1.165) is 38.8 Å². The van der Waals surface area contributed by atoms with Gasteiger partial charge in [-0.15, -0.1) is 0 Å². The molecule has 2 rings (SSSR count). The summed E-state index contributed by atoms with van der Waals surface area (Å²) in [6, 6.07) is 0.857. The summed E-state index contributed by atoms with van der Waals surface area (Å²) in [5.74, 6) is 0. The SMILES string of the molecule is COC1CC(NC2CCN(C(N)=O)CC2)C1. The summed E-state index contributed by atoms with van der Waals surface area (Å²) >= 11 is 0. The van der Waals surface area contributed by atoms with Crippen molar-refractivity contribution in [2.75, 3.05) is 20.2 Å². The first-order chi connectivity index (χ1) is 7.69. The first-order valence-corrected chi connectivity index (χ1v) is 6.02. The number of hydrogen-bond donors (Lipinski definition) is 2. The summed E-state index contributed by atoms with van der Waals surface area (Å²) in [4.78, 5) is 12.7. The van der Waals surface area contributed by atoms with Gasteiger partial charge in [-0.25, -0.2) is 4.79 Å². The van der Waals surface area contributed by atoms with Gasteiger partial charge < -0.3 is 20.7 Å². The topological polar surface area (TPSA) is 67.6 Å². The molecule has 1 saturated heterocycles. The summed E-state index contributed by atoms with van der Waals surface area (Å²) < 4.78 is 5.24. The van der Waals surface area contributed by atoms with Gasteiger partial charge in [-0.2, -0.15) is 0 Å². The molecule has 0 spiro atoms. The number of piperidine rings is 1. The van der Waals surface area contributed by atoms with Crippen LogP contribution in [0.5, 0.6) is 0 Å². The van der Waals surface area contributed by atoms with Crippen molar-refractivity contribution in [3.63, 3.8) is 0 Å². The zero-order chi connectivity index (χ0) is 11.5. The van der Waals surface area contributed by atoms with Crippen LogP contribution in [-0.2, 0) is 4.74 Å². The van der Waals surface area contributed by atoms with Gasteiger partial charge in [0.25, 0.3) is 0 Å². The molecule has 2 aliphatic rings. The second kappa shape index (κ2) is 5.01. The Morgan fingerprint density at radius 3 is 2.44 bits per heavy atom. The number of amides is 2. The fraction of sp³-hybridized carbons (Fsp3) is 0.909. The zero-order valence-electron chi connectivity index (χ0n) is 9.82. The highest BCUT2D eigenvalue weighted by atomic mass is 16.5. The highest BCUT2D eigenvalue weighted by Gasteiger charge is 2.31. The van der Waals surface area contributed by atoms with Crippen molar-refractivity contribution in [1.29, 1.82) is 0 Å². The Morgan fingerprint density at radius 1 is 1.31 bits per heavy atom. The van der Waals surface area contributed by atoms with Crippen LogP contribution in [0.15, 0.2) is 0 Å². The summed E-state index contributed by atoms with van der Waals surface area (Å²) in [5.41, 5.74) is 5.24. The molecule has 5 nitrogen and oxygen atoms in total. The third-order valence-electron chi connectivity index (χ3n) is 3.71. The molecule has 0 radical (unpaired) electrons. The predicted molar refractivity (Wildman–Crippen MR) is 61.1 cm³/mol. The fourth-order valence-corrected chi connectivity index (χ4v) is 2.49. The van der Waals surface area contributed by atoms with Gasteiger partial charge in [0.1, 0.15) is 0 Å². The number of likely N-dealkylation sites (tertiary alicyclic amines) is 1. The number of nitrogens with zero attached hydrogens (tertiary/aromatic N) is 1. The molecular weight excluding hydrogens is 206 g/mol. The van der Waals surface area contributed by atoms with Crippen LogP contribution in [-0.4, -0.2) is 49.3 Å². The maximum absolute atomic E-state index is 10.9. The van der Waals surface area contributed by atoms with Crippen LogP contribution in [0.25, 0.3) is 0 Å². The monoisotopic (exact) mass is 227 g/mol. The normalized spacial score (nSPS) is 31.2. The van der Waals surface area contributed by atoms with Crippen LogP contribution in [0, 0.1) is 0 Å². The molecule has 0 atom stereocenters. The molecule has 0 aromatic carbocycles. The largest absolute Gasteiger partial charge is 0.381 e. The first kappa shape index (κ1) is 11.7. The zero-order valence-corrected chi connectivity index (χ0v) is 9.82. The average molecular weight is 227 g/mol. The number of rotatable bonds is 3. The molecular formula is C11H21N3O2. The number of ether oxygens (including phenoxy) is 1. The number of primary amides is 1. The molecule has 1 saturated carbocycles. The van der Waals surface area contributed by atoms with Gasteiger partial charge in [-0.1, -0.05) is 0 Å². The van der Waals surface area contributed by atoms with E-state index in [4.69, 9.17) is 10.5 Å². The van der Waals surface area contributed by atoms with Gasteiger partial charge in [0.2, 0.25) is 0 Å². The second-order valence-electron chi connectivity index (χ2n) is 4.79. The van der Waals surface area contributed by atoms with E-state index < -0.39 is 0 Å². The Hall–Kier alpha value is -0.810. The van der Waals surface area contributed by atoms with Gasteiger partial charge in [-0.3, -0.25) is 0 Å². The molecule has 2 amide bonds. The third kappa shape index (κ3) is 2.65. The van der Waals surface area contributed by atoms with Crippen molar-refractivity contribution in [1.82, 2.24) is 10.2 Å². The van der Waals surface area contributed by atoms with Crippen molar-refractivity contribution in [2.24, 2.45) is 5.73 Å². The predicted octanol–water partition coefficient (Wildman–Crippen LogP) is 0.297. The molecule has 5 heteroatoms. The Bertz CT molecular complexity index is 246. The minimum atomic E-state index is -0.290. The number of hydrogen-bond acceptors (Lipinski definition) is 3. The standard InChI is InChI=1S/C11H21N3O2/c1-16-10-6-9(7-10)13-8-2-4-14(5-3-8)11(12)15/h8-10,13H,2-7H2,1H3,(H2,12,15). The van der Waals surface area contributed by atoms with E-state index in [1.54, 1.807) is 12.0 Å². The third-order valence-corrected chi connectivity index (χ3v) is 3.71. The molecule has 16 heavy (non-hydrogen) atoms. The van der Waals surface area contributed by atoms with E-state index in [1.807, 2.05) is 0 Å². The number of carbonyl (C=O) groups excluding carboxylic acids is 1. The minimum absolute atomic E-state index is 0.290. The van der Waals surface area contributed by atoms with E-state index in [1.165, 1.54) is 0 Å². The van der Waals surface area contributed by atoms with Crippen LogP contribution < -0.4 is 11.1 Å². The molecule has 0 aromatic rings. The van der Waals surface area contributed by atoms with E-state index >= 15 is 0 Å². The number of nitrogens with one attached hydrogen (secondary N) is 1. The van der Waals surface area contributed by atoms with Crippen LogP contribution in [0.3, 0.4) is 0 Å². The highest BCUT2D eigenvalue weighted by Crippen LogP contribution is 2.24. The summed E-state index contributed by atoms with van der Waals surface area (Å²) in [5, 5.41) is 3.62. The quantitative estimate of drug-likeness (QED) is 0.728. The Morgan fingerprint density at radius 2 is 1.94 bits per heavy atom. The molecule has 1 aliphatic heterocycles. The van der Waals surface area contributed by atoms with Gasteiger partial charge in [0, 0.05) is 32.3 Å². The minimum Gasteiger partial charge on any atom is -0.381 e. The lowest BCUT2D eigenvalue weighted by Gasteiger charge is -2.40. The lowest BCUT2D eigenvalue weighted by molar-refractivity contribution is 0.0120. The van der Waals surface area contributed by atoms with Crippen LogP contribution >= 0.6 is 0 Å². The number of methoxy groups -OCH3 is 1. The molecule has 3 N–H and O–H groups in total. The number of urea groups is 1. The van der Waals surface area contributed by atoms with Gasteiger partial charge in [-0.05, 0) is 25.7 Å². The van der Waals surface area contributed by atoms with Crippen molar-refractivity contribution in [2.45, 2.75) is 43.9 Å². The van der Waals surface area contributed by atoms with Crippen LogP contribution in [0.1, 0.15) is 25.7 Å². The summed E-state index contributed by atoms with van der Waals surface area (Å²) in [6.07, 6.45) is 4.70. The van der Waals surface area contributed by atoms with E-state index in [-0.39, 0.29) is 6.03 Å². The van der Waals surface area contributed by atoms with Gasteiger partial charge in [0.15, 0.2) is 0 Å². The van der Waals surface area contributed by atoms with Crippen LogP contribution in [0.2, 0.25) is 0 Å². The fourth-order valence-electron chi connectivity index (χ4n) is 2.49. The first-order valence-electron chi connectivity index (χ1n) is 6.02. The number of nitrogens with two attached hydrogens (primary N) is 1. The average Bonchev–Trinajstić information content (AvgIpc) is 2.23. The Labute approximate surface area is 96.3 Å². The van der Waals surface area contributed by atoms with Crippen molar-refractivity contribution >= 4 is 6.03 Å².